The smallest absolute Gasteiger partial charge is 0.340 e. The third kappa shape index (κ3) is 4.12. The van der Waals surface area contributed by atoms with Crippen LogP contribution >= 0.6 is 11.3 Å². The number of carbonyl (C=O) groups excluding carboxylic acids is 2. The Morgan fingerprint density at radius 3 is 2.79 bits per heavy atom. The zero-order valence-corrected chi connectivity index (χ0v) is 16.9. The number of thiophene rings is 1. The number of rotatable bonds is 6. The van der Waals surface area contributed by atoms with Crippen LogP contribution in [0.4, 0.5) is 5.69 Å². The summed E-state index contributed by atoms with van der Waals surface area (Å²) in [6.07, 6.45) is 0. The van der Waals surface area contributed by atoms with Gasteiger partial charge in [0.25, 0.3) is 5.91 Å². The van der Waals surface area contributed by atoms with Crippen molar-refractivity contribution in [2.45, 2.75) is 20.4 Å². The maximum atomic E-state index is 12.5. The number of fused-ring (bicyclic) bond motifs is 1. The van der Waals surface area contributed by atoms with Gasteiger partial charge >= 0.3 is 5.97 Å². The molecular formula is C21H20N2O5S. The Balaban J connectivity index is 1.36. The fourth-order valence-corrected chi connectivity index (χ4v) is 3.88. The molecule has 4 rings (SSSR count). The highest BCUT2D eigenvalue weighted by Gasteiger charge is 2.19. The van der Waals surface area contributed by atoms with Crippen molar-refractivity contribution in [3.05, 3.63) is 63.6 Å². The fourth-order valence-electron chi connectivity index (χ4n) is 3.19. The lowest BCUT2D eigenvalue weighted by molar-refractivity contribution is -0.119. The summed E-state index contributed by atoms with van der Waals surface area (Å²) in [6.45, 7) is 4.32. The van der Waals surface area contributed by atoms with Crippen LogP contribution < -0.4 is 14.8 Å². The Labute approximate surface area is 171 Å². The summed E-state index contributed by atoms with van der Waals surface area (Å²) < 4.78 is 17.8. The number of amides is 1. The van der Waals surface area contributed by atoms with Crippen molar-refractivity contribution < 1.29 is 23.8 Å². The second kappa shape index (κ2) is 8.00. The first kappa shape index (κ1) is 19.1. The Morgan fingerprint density at radius 2 is 2.00 bits per heavy atom. The van der Waals surface area contributed by atoms with Crippen LogP contribution in [0.5, 0.6) is 11.5 Å². The molecule has 0 atom stereocenters. The van der Waals surface area contributed by atoms with E-state index in [1.54, 1.807) is 35.6 Å². The third-order valence-corrected chi connectivity index (χ3v) is 5.54. The van der Waals surface area contributed by atoms with Gasteiger partial charge in [0.05, 0.1) is 12.1 Å². The predicted octanol–water partition coefficient (Wildman–Crippen LogP) is 3.74. The lowest BCUT2D eigenvalue weighted by atomic mass is 10.2. The fraction of sp³-hybridized carbons (Fsp3) is 0.238. The number of nitrogens with one attached hydrogen (secondary N) is 1. The van der Waals surface area contributed by atoms with E-state index >= 15 is 0 Å². The predicted molar refractivity (Wildman–Crippen MR) is 109 cm³/mol. The van der Waals surface area contributed by atoms with Gasteiger partial charge in [-0.3, -0.25) is 4.79 Å². The van der Waals surface area contributed by atoms with E-state index in [0.29, 0.717) is 29.3 Å². The number of hydrogen-bond donors (Lipinski definition) is 1. The molecule has 2 aromatic heterocycles. The monoisotopic (exact) mass is 412 g/mol. The van der Waals surface area contributed by atoms with E-state index in [2.05, 4.69) is 16.0 Å². The van der Waals surface area contributed by atoms with Gasteiger partial charge < -0.3 is 24.1 Å². The minimum absolute atomic E-state index is 0.162. The van der Waals surface area contributed by atoms with Crippen molar-refractivity contribution in [2.24, 2.45) is 0 Å². The van der Waals surface area contributed by atoms with Gasteiger partial charge in [0.2, 0.25) is 6.79 Å². The highest BCUT2D eigenvalue weighted by Crippen LogP contribution is 2.34. The average molecular weight is 412 g/mol. The number of esters is 1. The summed E-state index contributed by atoms with van der Waals surface area (Å²) in [5, 5.41) is 4.71. The highest BCUT2D eigenvalue weighted by atomic mass is 32.1. The molecule has 0 bridgehead atoms. The second-order valence-electron chi connectivity index (χ2n) is 6.64. The summed E-state index contributed by atoms with van der Waals surface area (Å²) >= 11 is 1.67. The van der Waals surface area contributed by atoms with E-state index in [1.807, 2.05) is 25.3 Å². The maximum absolute atomic E-state index is 12.5. The first-order chi connectivity index (χ1) is 14.0. The van der Waals surface area contributed by atoms with Crippen LogP contribution in [0.2, 0.25) is 0 Å². The van der Waals surface area contributed by atoms with Crippen molar-refractivity contribution >= 4 is 28.9 Å². The summed E-state index contributed by atoms with van der Waals surface area (Å²) in [4.78, 5) is 25.9. The molecule has 1 aliphatic heterocycles. The molecule has 0 radical (unpaired) electrons. The Morgan fingerprint density at radius 1 is 1.17 bits per heavy atom. The quantitative estimate of drug-likeness (QED) is 0.624. The number of nitrogens with zero attached hydrogens (tertiary/aromatic N) is 1. The van der Waals surface area contributed by atoms with Gasteiger partial charge in [-0.25, -0.2) is 4.79 Å². The average Bonchev–Trinajstić information content (AvgIpc) is 3.43. The topological polar surface area (TPSA) is 78.8 Å². The molecule has 1 N–H and O–H groups in total. The highest BCUT2D eigenvalue weighted by molar-refractivity contribution is 7.09. The summed E-state index contributed by atoms with van der Waals surface area (Å²) in [6, 6.07) is 10.9. The second-order valence-corrected chi connectivity index (χ2v) is 7.67. The van der Waals surface area contributed by atoms with Crippen molar-refractivity contribution in [3.8, 4) is 11.5 Å². The molecule has 0 aliphatic carbocycles. The first-order valence-corrected chi connectivity index (χ1v) is 9.95. The molecule has 150 valence electrons. The van der Waals surface area contributed by atoms with Gasteiger partial charge in [-0.2, -0.15) is 0 Å². The normalized spacial score (nSPS) is 12.1. The van der Waals surface area contributed by atoms with Crippen LogP contribution in [0.3, 0.4) is 0 Å². The van der Waals surface area contributed by atoms with E-state index in [-0.39, 0.29) is 13.4 Å². The van der Waals surface area contributed by atoms with Gasteiger partial charge in [-0.05, 0) is 43.5 Å². The van der Waals surface area contributed by atoms with Gasteiger partial charge in [0, 0.05) is 28.0 Å². The molecule has 1 aromatic carbocycles. The molecule has 3 aromatic rings. The van der Waals surface area contributed by atoms with Crippen LogP contribution in [-0.2, 0) is 16.1 Å². The van der Waals surface area contributed by atoms with Crippen molar-refractivity contribution in [1.82, 2.24) is 4.57 Å². The number of hydrogen-bond acceptors (Lipinski definition) is 6. The van der Waals surface area contributed by atoms with E-state index < -0.39 is 11.9 Å². The minimum Gasteiger partial charge on any atom is -0.454 e. The molecule has 0 saturated carbocycles. The molecule has 7 nitrogen and oxygen atoms in total. The molecule has 3 heterocycles. The van der Waals surface area contributed by atoms with Crippen LogP contribution in [0.1, 0.15) is 26.6 Å². The van der Waals surface area contributed by atoms with Crippen molar-refractivity contribution in [3.63, 3.8) is 0 Å². The molecule has 1 amide bonds. The van der Waals surface area contributed by atoms with Crippen LogP contribution in [0, 0.1) is 13.8 Å². The number of ether oxygens (including phenoxy) is 3. The van der Waals surface area contributed by atoms with Crippen LogP contribution in [-0.4, -0.2) is 29.8 Å². The molecule has 0 saturated heterocycles. The number of anilines is 1. The number of benzene rings is 1. The lowest BCUT2D eigenvalue weighted by Crippen LogP contribution is -2.21. The lowest BCUT2D eigenvalue weighted by Gasteiger charge is -2.09. The van der Waals surface area contributed by atoms with Gasteiger partial charge in [0.15, 0.2) is 18.1 Å². The molecule has 1 aliphatic rings. The number of carbonyl (C=O) groups is 2. The van der Waals surface area contributed by atoms with E-state index in [1.165, 1.54) is 4.88 Å². The van der Waals surface area contributed by atoms with Crippen molar-refractivity contribution in [1.29, 1.82) is 0 Å². The zero-order chi connectivity index (χ0) is 20.4. The molecule has 0 fully saturated rings. The van der Waals surface area contributed by atoms with Gasteiger partial charge in [0.1, 0.15) is 0 Å². The standard InChI is InChI=1S/C21H20N2O5S/c1-13-8-17(14(2)23(13)10-16-4-3-7-29-16)21(25)26-11-20(24)22-15-5-6-18-19(9-15)28-12-27-18/h3-9H,10-12H2,1-2H3,(H,22,24). The minimum atomic E-state index is -0.517. The Hall–Kier alpha value is -3.26. The third-order valence-electron chi connectivity index (χ3n) is 4.68. The largest absolute Gasteiger partial charge is 0.454 e. The molecular weight excluding hydrogens is 392 g/mol. The van der Waals surface area contributed by atoms with Gasteiger partial charge in [-0.15, -0.1) is 11.3 Å². The van der Waals surface area contributed by atoms with E-state index in [0.717, 1.165) is 11.4 Å². The summed E-state index contributed by atoms with van der Waals surface area (Å²) in [7, 11) is 0. The molecule has 29 heavy (non-hydrogen) atoms. The molecule has 8 heteroatoms. The SMILES string of the molecule is Cc1cc(C(=O)OCC(=O)Nc2ccc3c(c2)OCO3)c(C)n1Cc1cccs1. The van der Waals surface area contributed by atoms with Gasteiger partial charge in [-0.1, -0.05) is 6.07 Å². The zero-order valence-electron chi connectivity index (χ0n) is 16.1. The van der Waals surface area contributed by atoms with E-state index in [9.17, 15) is 9.59 Å². The molecule has 0 spiro atoms. The maximum Gasteiger partial charge on any atom is 0.340 e. The number of aryl methyl sites for hydroxylation is 1. The Kier molecular flexibility index (Phi) is 5.26. The van der Waals surface area contributed by atoms with Crippen LogP contribution in [0.15, 0.2) is 41.8 Å². The number of aromatic nitrogens is 1. The summed E-state index contributed by atoms with van der Waals surface area (Å²) in [5.41, 5.74) is 2.80. The van der Waals surface area contributed by atoms with E-state index in [4.69, 9.17) is 14.2 Å². The molecule has 0 unspecified atom stereocenters. The first-order valence-electron chi connectivity index (χ1n) is 9.07. The van der Waals surface area contributed by atoms with Crippen LogP contribution in [0.25, 0.3) is 0 Å². The Bertz CT molecular complexity index is 1060. The van der Waals surface area contributed by atoms with Crippen molar-refractivity contribution in [2.75, 3.05) is 18.7 Å². The summed E-state index contributed by atoms with van der Waals surface area (Å²) in [5.74, 6) is 0.256.